The van der Waals surface area contributed by atoms with E-state index in [1.807, 2.05) is 117 Å². The van der Waals surface area contributed by atoms with Crippen LogP contribution in [0.3, 0.4) is 0 Å². The Kier molecular flexibility index (Phi) is 9.10. The van der Waals surface area contributed by atoms with E-state index < -0.39 is 20.0 Å². The van der Waals surface area contributed by atoms with Crippen LogP contribution in [0.5, 0.6) is 0 Å². The first-order chi connectivity index (χ1) is 25.5. The molecule has 1 amide bonds. The molecule has 2 aliphatic rings. The Hall–Kier alpha value is -4.66. The van der Waals surface area contributed by atoms with Crippen LogP contribution in [0, 0.1) is 5.92 Å². The number of carbonyl (C=O) groups excluding carboxylic acids is 1. The van der Waals surface area contributed by atoms with Gasteiger partial charge in [0, 0.05) is 34.2 Å². The number of aliphatic hydroxyl groups is 1. The second-order valence-corrected chi connectivity index (χ2v) is 19.6. The summed E-state index contributed by atoms with van der Waals surface area (Å²) in [5.74, 6) is -0.766. The highest BCUT2D eigenvalue weighted by atomic mass is 79.9. The van der Waals surface area contributed by atoms with Crippen LogP contribution in [-0.2, 0) is 28.2 Å². The molecule has 0 saturated carbocycles. The van der Waals surface area contributed by atoms with Crippen LogP contribution in [0.1, 0.15) is 41.6 Å². The molecule has 2 aromatic heterocycles. The smallest absolute Gasteiger partial charge is 0.279 e. The largest absolute Gasteiger partial charge is 0.432 e. The number of para-hydroxylation sites is 1. The average Bonchev–Trinajstić information content (AvgIpc) is 3.89. The number of nitrogens with one attached hydrogen (secondary N) is 1. The standard InChI is InChI=1S/C40H41BrN6O5Si/c1-25-37(53(2,3)51)36(19-20-45-23-34(42-44-45)31(24-48)27-9-5-4-6-10-27)52-40(25)32-21-28(41)15-18-35(32)46(39(40)50)22-26-13-16-29(17-14-26)47-38(49)30-11-7-8-12-33(30)43-47/h4-18,21,23,25,31,36-37,43,48,51H,19-20,22,24H2,1-3H3/t25-,31?,36+,37-,40+/m1/s1. The van der Waals surface area contributed by atoms with Crippen molar-refractivity contribution >= 4 is 46.7 Å². The van der Waals surface area contributed by atoms with Crippen molar-refractivity contribution in [2.24, 2.45) is 5.92 Å². The normalized spacial score (nSPS) is 21.9. The number of ether oxygens (including phenoxy) is 1. The minimum Gasteiger partial charge on any atom is -0.432 e. The zero-order valence-corrected chi connectivity index (χ0v) is 32.3. The van der Waals surface area contributed by atoms with Gasteiger partial charge in [0.2, 0.25) is 0 Å². The Bertz CT molecular complexity index is 2350. The Morgan fingerprint density at radius 1 is 1.00 bits per heavy atom. The number of aliphatic hydroxyl groups excluding tert-OH is 1. The quantitative estimate of drug-likeness (QED) is 0.140. The molecule has 8 rings (SSSR count). The number of aromatic nitrogens is 5. The molecular formula is C40H41BrN6O5Si. The molecule has 0 aliphatic carbocycles. The molecule has 272 valence electrons. The van der Waals surface area contributed by atoms with E-state index in [2.05, 4.69) is 31.3 Å². The number of halogens is 1. The molecule has 4 aromatic carbocycles. The summed E-state index contributed by atoms with van der Waals surface area (Å²) in [6.07, 6.45) is 1.95. The van der Waals surface area contributed by atoms with Crippen molar-refractivity contribution < 1.29 is 19.4 Å². The van der Waals surface area contributed by atoms with Gasteiger partial charge in [-0.2, -0.15) is 0 Å². The lowest BCUT2D eigenvalue weighted by atomic mass is 9.82. The van der Waals surface area contributed by atoms with E-state index in [9.17, 15) is 19.5 Å². The van der Waals surface area contributed by atoms with Gasteiger partial charge < -0.3 is 19.5 Å². The summed E-state index contributed by atoms with van der Waals surface area (Å²) in [5, 5.41) is 22.7. The van der Waals surface area contributed by atoms with Crippen LogP contribution in [-0.4, -0.2) is 61.6 Å². The Labute approximate surface area is 316 Å². The summed E-state index contributed by atoms with van der Waals surface area (Å²) in [5.41, 5.74) is 3.88. The predicted molar refractivity (Wildman–Crippen MR) is 208 cm³/mol. The number of aromatic amines is 1. The Balaban J connectivity index is 1.07. The maximum absolute atomic E-state index is 14.9. The first-order valence-corrected chi connectivity index (χ1v) is 21.7. The first-order valence-electron chi connectivity index (χ1n) is 17.9. The first kappa shape index (κ1) is 35.4. The lowest BCUT2D eigenvalue weighted by molar-refractivity contribution is -0.146. The second kappa shape index (κ2) is 13.6. The topological polar surface area (TPSA) is 138 Å². The van der Waals surface area contributed by atoms with Gasteiger partial charge in [-0.15, -0.1) is 5.10 Å². The van der Waals surface area contributed by atoms with Gasteiger partial charge in [-0.3, -0.25) is 19.4 Å². The lowest BCUT2D eigenvalue weighted by Crippen LogP contribution is -2.46. The van der Waals surface area contributed by atoms with Crippen molar-refractivity contribution in [3.63, 3.8) is 0 Å². The van der Waals surface area contributed by atoms with E-state index in [-0.39, 0.29) is 35.5 Å². The fourth-order valence-electron chi connectivity index (χ4n) is 8.55. The molecule has 1 spiro atoms. The van der Waals surface area contributed by atoms with Crippen LogP contribution >= 0.6 is 15.9 Å². The summed E-state index contributed by atoms with van der Waals surface area (Å²) < 4.78 is 11.1. The lowest BCUT2D eigenvalue weighted by Gasteiger charge is -2.32. The SMILES string of the molecule is C[C@@H]1[C@@H]([Si](C)(C)O)[C@H](CCn2cc(C(CO)c3ccccc3)nn2)O[C@@]12C(=O)N(Cc1ccc(-n3[nH]c4ccccc4c3=O)cc1)c1ccc(Br)cc12. The Morgan fingerprint density at radius 2 is 1.74 bits per heavy atom. The van der Waals surface area contributed by atoms with E-state index in [1.54, 1.807) is 15.6 Å². The molecule has 2 aliphatic heterocycles. The minimum atomic E-state index is -2.88. The fourth-order valence-corrected chi connectivity index (χ4v) is 11.5. The molecule has 13 heteroatoms. The maximum atomic E-state index is 14.9. The summed E-state index contributed by atoms with van der Waals surface area (Å²) in [4.78, 5) is 41.5. The molecule has 5 atom stereocenters. The molecule has 6 aromatic rings. The van der Waals surface area contributed by atoms with Gasteiger partial charge in [0.25, 0.3) is 11.5 Å². The maximum Gasteiger partial charge on any atom is 0.279 e. The summed E-state index contributed by atoms with van der Waals surface area (Å²) >= 11 is 3.65. The van der Waals surface area contributed by atoms with Gasteiger partial charge >= 0.3 is 0 Å². The number of rotatable bonds is 10. The number of nitrogens with zero attached hydrogens (tertiary/aromatic N) is 5. The molecule has 0 bridgehead atoms. The van der Waals surface area contributed by atoms with Crippen molar-refractivity contribution in [2.45, 2.75) is 62.7 Å². The van der Waals surface area contributed by atoms with Gasteiger partial charge in [-0.05, 0) is 73.1 Å². The van der Waals surface area contributed by atoms with E-state index in [4.69, 9.17) is 4.74 Å². The molecule has 53 heavy (non-hydrogen) atoms. The van der Waals surface area contributed by atoms with E-state index in [0.29, 0.717) is 36.3 Å². The number of hydrogen-bond donors (Lipinski definition) is 3. The van der Waals surface area contributed by atoms with Gasteiger partial charge in [-0.1, -0.05) is 82.7 Å². The monoisotopic (exact) mass is 792 g/mol. The molecule has 1 unspecified atom stereocenters. The van der Waals surface area contributed by atoms with Gasteiger partial charge in [-0.25, -0.2) is 4.68 Å². The molecule has 1 fully saturated rings. The number of benzene rings is 4. The number of aryl methyl sites for hydroxylation is 1. The van der Waals surface area contributed by atoms with Crippen molar-refractivity contribution in [2.75, 3.05) is 11.5 Å². The van der Waals surface area contributed by atoms with Crippen molar-refractivity contribution in [1.29, 1.82) is 0 Å². The Morgan fingerprint density at radius 3 is 2.45 bits per heavy atom. The highest BCUT2D eigenvalue weighted by Gasteiger charge is 2.66. The number of amides is 1. The van der Waals surface area contributed by atoms with Crippen LogP contribution in [0.15, 0.2) is 113 Å². The second-order valence-electron chi connectivity index (χ2n) is 14.7. The predicted octanol–water partition coefficient (Wildman–Crippen LogP) is 6.23. The van der Waals surface area contributed by atoms with Crippen molar-refractivity contribution in [1.82, 2.24) is 24.8 Å². The van der Waals surface area contributed by atoms with Crippen LogP contribution < -0.4 is 10.5 Å². The van der Waals surface area contributed by atoms with Crippen LogP contribution in [0.2, 0.25) is 18.6 Å². The summed E-state index contributed by atoms with van der Waals surface area (Å²) in [6.45, 7) is 6.54. The van der Waals surface area contributed by atoms with Crippen LogP contribution in [0.25, 0.3) is 16.6 Å². The number of hydrogen-bond acceptors (Lipinski definition) is 7. The van der Waals surface area contributed by atoms with Gasteiger partial charge in [0.1, 0.15) is 0 Å². The number of H-pyrrole nitrogens is 1. The molecule has 4 heterocycles. The van der Waals surface area contributed by atoms with Gasteiger partial charge in [0.05, 0.1) is 53.1 Å². The third-order valence-corrected chi connectivity index (χ3v) is 14.0. The van der Waals surface area contributed by atoms with Gasteiger partial charge in [0.15, 0.2) is 13.9 Å². The molecule has 1 saturated heterocycles. The minimum absolute atomic E-state index is 0.0945. The van der Waals surface area contributed by atoms with Crippen molar-refractivity contribution in [3.8, 4) is 5.69 Å². The fraction of sp³-hybridized carbons (Fsp3) is 0.300. The van der Waals surface area contributed by atoms with Crippen molar-refractivity contribution in [3.05, 3.63) is 140 Å². The molecule has 11 nitrogen and oxygen atoms in total. The number of anilines is 1. The van der Waals surface area contributed by atoms with E-state index >= 15 is 0 Å². The zero-order chi connectivity index (χ0) is 37.1. The summed E-state index contributed by atoms with van der Waals surface area (Å²) in [6, 6.07) is 30.6. The number of fused-ring (bicyclic) bond motifs is 3. The third kappa shape index (κ3) is 6.10. The van der Waals surface area contributed by atoms with Crippen LogP contribution in [0.4, 0.5) is 5.69 Å². The summed E-state index contributed by atoms with van der Waals surface area (Å²) in [7, 11) is -2.88. The number of carbonyl (C=O) groups is 1. The highest BCUT2D eigenvalue weighted by molar-refractivity contribution is 9.10. The van der Waals surface area contributed by atoms with E-state index in [0.717, 1.165) is 32.4 Å². The van der Waals surface area contributed by atoms with E-state index in [1.165, 1.54) is 4.68 Å². The molecular weight excluding hydrogens is 752 g/mol. The zero-order valence-electron chi connectivity index (χ0n) is 29.7. The molecule has 0 radical (unpaired) electrons. The average molecular weight is 794 g/mol. The highest BCUT2D eigenvalue weighted by Crippen LogP contribution is 2.60. The third-order valence-electron chi connectivity index (χ3n) is 11.0. The molecule has 3 N–H and O–H groups in total.